The molecule has 0 unspecified atom stereocenters. The quantitative estimate of drug-likeness (QED) is 0.529. The fourth-order valence-electron chi connectivity index (χ4n) is 1.24. The van der Waals surface area contributed by atoms with Crippen molar-refractivity contribution in [2.24, 2.45) is 0 Å². The lowest BCUT2D eigenvalue weighted by Crippen LogP contribution is -1.93. The SMILES string of the molecule is CSc1ncc2cc(C)c(C)nc2n1. The van der Waals surface area contributed by atoms with Crippen molar-refractivity contribution in [1.82, 2.24) is 15.0 Å². The largest absolute Gasteiger partial charge is 0.233 e. The van der Waals surface area contributed by atoms with Crippen LogP contribution < -0.4 is 0 Å². The molecule has 0 aromatic carbocycles. The Labute approximate surface area is 87.0 Å². The Balaban J connectivity index is 2.70. The Kier molecular flexibility index (Phi) is 2.37. The van der Waals surface area contributed by atoms with Crippen LogP contribution in [0, 0.1) is 13.8 Å². The molecule has 0 atom stereocenters. The fourth-order valence-corrected chi connectivity index (χ4v) is 1.58. The van der Waals surface area contributed by atoms with Gasteiger partial charge in [-0.3, -0.25) is 0 Å². The maximum atomic E-state index is 4.42. The molecule has 2 aromatic heterocycles. The molecular weight excluding hydrogens is 194 g/mol. The van der Waals surface area contributed by atoms with Crippen LogP contribution in [0.2, 0.25) is 0 Å². The number of nitrogens with zero attached hydrogens (tertiary/aromatic N) is 3. The number of aryl methyl sites for hydroxylation is 2. The minimum atomic E-state index is 0.772. The van der Waals surface area contributed by atoms with Crippen LogP contribution in [0.3, 0.4) is 0 Å². The third kappa shape index (κ3) is 1.57. The number of hydrogen-bond acceptors (Lipinski definition) is 4. The molecule has 0 aliphatic rings. The lowest BCUT2D eigenvalue weighted by atomic mass is 10.2. The van der Waals surface area contributed by atoms with E-state index in [4.69, 9.17) is 0 Å². The van der Waals surface area contributed by atoms with E-state index in [1.54, 1.807) is 0 Å². The van der Waals surface area contributed by atoms with Crippen LogP contribution in [0.4, 0.5) is 0 Å². The molecule has 0 amide bonds. The summed E-state index contributed by atoms with van der Waals surface area (Å²) in [5.74, 6) is 0. The van der Waals surface area contributed by atoms with Gasteiger partial charge >= 0.3 is 0 Å². The number of fused-ring (bicyclic) bond motifs is 1. The highest BCUT2D eigenvalue weighted by Crippen LogP contribution is 2.16. The van der Waals surface area contributed by atoms with Gasteiger partial charge in [0.1, 0.15) is 0 Å². The highest BCUT2D eigenvalue weighted by molar-refractivity contribution is 7.98. The van der Waals surface area contributed by atoms with Gasteiger partial charge in [0, 0.05) is 17.3 Å². The highest BCUT2D eigenvalue weighted by atomic mass is 32.2. The Bertz CT molecular complexity index is 482. The zero-order valence-corrected chi connectivity index (χ0v) is 9.22. The molecule has 0 aliphatic heterocycles. The smallest absolute Gasteiger partial charge is 0.189 e. The summed E-state index contributed by atoms with van der Waals surface area (Å²) < 4.78 is 0. The van der Waals surface area contributed by atoms with Gasteiger partial charge in [0.15, 0.2) is 10.8 Å². The van der Waals surface area contributed by atoms with E-state index in [-0.39, 0.29) is 0 Å². The van der Waals surface area contributed by atoms with Gasteiger partial charge in [0.05, 0.1) is 0 Å². The van der Waals surface area contributed by atoms with Crippen LogP contribution in [0.25, 0.3) is 11.0 Å². The van der Waals surface area contributed by atoms with E-state index in [1.165, 1.54) is 17.3 Å². The van der Waals surface area contributed by atoms with E-state index < -0.39 is 0 Å². The third-order valence-electron chi connectivity index (χ3n) is 2.17. The maximum absolute atomic E-state index is 4.42. The monoisotopic (exact) mass is 205 g/mol. The Morgan fingerprint density at radius 2 is 2.00 bits per heavy atom. The van der Waals surface area contributed by atoms with Crippen LogP contribution in [0.15, 0.2) is 17.4 Å². The minimum Gasteiger partial charge on any atom is -0.233 e. The number of rotatable bonds is 1. The van der Waals surface area contributed by atoms with Crippen LogP contribution in [0.5, 0.6) is 0 Å². The van der Waals surface area contributed by atoms with Crippen LogP contribution in [-0.4, -0.2) is 21.2 Å². The first-order valence-electron chi connectivity index (χ1n) is 4.35. The second-order valence-electron chi connectivity index (χ2n) is 3.16. The average molecular weight is 205 g/mol. The van der Waals surface area contributed by atoms with Crippen LogP contribution in [-0.2, 0) is 0 Å². The molecule has 0 saturated heterocycles. The first kappa shape index (κ1) is 9.40. The predicted molar refractivity (Wildman–Crippen MR) is 58.6 cm³/mol. The highest BCUT2D eigenvalue weighted by Gasteiger charge is 2.02. The first-order valence-corrected chi connectivity index (χ1v) is 5.58. The van der Waals surface area contributed by atoms with Gasteiger partial charge in [0.25, 0.3) is 0 Å². The van der Waals surface area contributed by atoms with Crippen molar-refractivity contribution in [3.8, 4) is 0 Å². The van der Waals surface area contributed by atoms with Gasteiger partial charge in [-0.05, 0) is 31.7 Å². The Morgan fingerprint density at radius 3 is 2.71 bits per heavy atom. The number of aromatic nitrogens is 3. The second-order valence-corrected chi connectivity index (χ2v) is 3.93. The van der Waals surface area contributed by atoms with Gasteiger partial charge < -0.3 is 0 Å². The average Bonchev–Trinajstić information content (AvgIpc) is 2.19. The molecule has 0 aliphatic carbocycles. The molecule has 0 saturated carbocycles. The van der Waals surface area contributed by atoms with E-state index in [2.05, 4.69) is 21.0 Å². The van der Waals surface area contributed by atoms with Crippen molar-refractivity contribution in [3.63, 3.8) is 0 Å². The van der Waals surface area contributed by atoms with Gasteiger partial charge in [-0.25, -0.2) is 15.0 Å². The molecule has 0 radical (unpaired) electrons. The molecule has 2 heterocycles. The molecule has 14 heavy (non-hydrogen) atoms. The summed E-state index contributed by atoms with van der Waals surface area (Å²) >= 11 is 1.53. The van der Waals surface area contributed by atoms with E-state index in [1.807, 2.05) is 26.3 Å². The molecule has 2 rings (SSSR count). The van der Waals surface area contributed by atoms with E-state index in [9.17, 15) is 0 Å². The Morgan fingerprint density at radius 1 is 1.21 bits per heavy atom. The predicted octanol–water partition coefficient (Wildman–Crippen LogP) is 2.36. The minimum absolute atomic E-state index is 0.772. The van der Waals surface area contributed by atoms with E-state index in [0.29, 0.717) is 0 Å². The van der Waals surface area contributed by atoms with Crippen molar-refractivity contribution < 1.29 is 0 Å². The summed E-state index contributed by atoms with van der Waals surface area (Å²) in [5, 5.41) is 1.78. The normalized spacial score (nSPS) is 10.8. The summed E-state index contributed by atoms with van der Waals surface area (Å²) in [6.07, 6.45) is 3.79. The number of hydrogen-bond donors (Lipinski definition) is 0. The van der Waals surface area contributed by atoms with Gasteiger partial charge in [-0.2, -0.15) is 0 Å². The van der Waals surface area contributed by atoms with Gasteiger partial charge in [-0.1, -0.05) is 11.8 Å². The first-order chi connectivity index (χ1) is 6.70. The molecule has 3 nitrogen and oxygen atoms in total. The maximum Gasteiger partial charge on any atom is 0.189 e. The number of pyridine rings is 1. The van der Waals surface area contributed by atoms with E-state index >= 15 is 0 Å². The van der Waals surface area contributed by atoms with Gasteiger partial charge in [-0.15, -0.1) is 0 Å². The zero-order valence-electron chi connectivity index (χ0n) is 8.40. The van der Waals surface area contributed by atoms with Crippen molar-refractivity contribution in [2.45, 2.75) is 19.0 Å². The molecule has 0 N–H and O–H groups in total. The summed E-state index contributed by atoms with van der Waals surface area (Å²) in [4.78, 5) is 13.0. The molecule has 72 valence electrons. The molecule has 4 heteroatoms. The van der Waals surface area contributed by atoms with Crippen molar-refractivity contribution in [1.29, 1.82) is 0 Å². The van der Waals surface area contributed by atoms with Gasteiger partial charge in [0.2, 0.25) is 0 Å². The van der Waals surface area contributed by atoms with Crippen LogP contribution in [0.1, 0.15) is 11.3 Å². The van der Waals surface area contributed by atoms with Crippen LogP contribution >= 0.6 is 11.8 Å². The summed E-state index contributed by atoms with van der Waals surface area (Å²) in [6.45, 7) is 4.04. The standard InChI is InChI=1S/C10H11N3S/c1-6-4-8-5-11-10(14-3)13-9(8)12-7(6)2/h4-5H,1-3H3. The lowest BCUT2D eigenvalue weighted by molar-refractivity contribution is 0.983. The van der Waals surface area contributed by atoms with Crippen molar-refractivity contribution >= 4 is 22.8 Å². The Hall–Kier alpha value is -1.16. The lowest BCUT2D eigenvalue weighted by Gasteiger charge is -2.02. The molecule has 0 spiro atoms. The second kappa shape index (κ2) is 3.53. The summed E-state index contributed by atoms with van der Waals surface area (Å²) in [7, 11) is 0. The third-order valence-corrected chi connectivity index (χ3v) is 2.73. The zero-order chi connectivity index (χ0) is 10.1. The molecule has 2 aromatic rings. The summed E-state index contributed by atoms with van der Waals surface area (Å²) in [5.41, 5.74) is 2.99. The molecular formula is C10H11N3S. The molecule has 0 fully saturated rings. The van der Waals surface area contributed by atoms with E-state index in [0.717, 1.165) is 21.9 Å². The van der Waals surface area contributed by atoms with Crippen molar-refractivity contribution in [2.75, 3.05) is 6.26 Å². The summed E-state index contributed by atoms with van der Waals surface area (Å²) in [6, 6.07) is 2.07. The topological polar surface area (TPSA) is 38.7 Å². The fraction of sp³-hybridized carbons (Fsp3) is 0.300. The molecule has 0 bridgehead atoms. The number of thioether (sulfide) groups is 1. The van der Waals surface area contributed by atoms with Crippen molar-refractivity contribution in [3.05, 3.63) is 23.5 Å².